The molecular weight excluding hydrogens is 436 g/mol. The molecule has 5 rings (SSSR count). The number of ether oxygens (including phenoxy) is 2. The largest absolute Gasteiger partial charge is 0.469 e. The fourth-order valence-corrected chi connectivity index (χ4v) is 5.45. The number of hydrogen-bond donors (Lipinski definition) is 1. The first-order valence-electron chi connectivity index (χ1n) is 11.5. The van der Waals surface area contributed by atoms with Crippen LogP contribution in [0.4, 0.5) is 5.69 Å². The number of Topliss-reactive ketones (excluding diaryl/α,β-unsaturated/α-hetero) is 1. The maximum atomic E-state index is 14.3. The molecule has 2 N–H and O–H groups in total. The number of carbonyl (C=O) groups excluding carboxylic acids is 3. The van der Waals surface area contributed by atoms with Crippen LogP contribution in [0.1, 0.15) is 50.4 Å². The van der Waals surface area contributed by atoms with E-state index in [-0.39, 0.29) is 47.7 Å². The number of rotatable bonds is 5. The number of benzene rings is 1. The molecule has 0 saturated carbocycles. The van der Waals surface area contributed by atoms with Crippen LogP contribution in [0.15, 0.2) is 69.9 Å². The maximum absolute atomic E-state index is 14.3. The highest BCUT2D eigenvalue weighted by molar-refractivity contribution is 6.23. The van der Waals surface area contributed by atoms with Crippen molar-refractivity contribution < 1.29 is 28.3 Å². The van der Waals surface area contributed by atoms with Gasteiger partial charge in [0.15, 0.2) is 5.78 Å². The maximum Gasteiger partial charge on any atom is 0.341 e. The lowest BCUT2D eigenvalue weighted by atomic mass is 9.63. The number of hydrogen-bond acceptors (Lipinski definition) is 7. The summed E-state index contributed by atoms with van der Waals surface area (Å²) in [7, 11) is 0. The molecule has 1 amide bonds. The average Bonchev–Trinajstić information content (AvgIpc) is 3.42. The Hall–Kier alpha value is -3.81. The third-order valence-corrected chi connectivity index (χ3v) is 6.69. The predicted molar refractivity (Wildman–Crippen MR) is 122 cm³/mol. The summed E-state index contributed by atoms with van der Waals surface area (Å²) < 4.78 is 16.8. The van der Waals surface area contributed by atoms with Gasteiger partial charge in [-0.25, -0.2) is 4.79 Å². The second-order valence-electron chi connectivity index (χ2n) is 8.63. The minimum absolute atomic E-state index is 0.0840. The Kier molecular flexibility index (Phi) is 5.31. The van der Waals surface area contributed by atoms with Gasteiger partial charge in [-0.15, -0.1) is 0 Å². The Labute approximate surface area is 197 Å². The van der Waals surface area contributed by atoms with E-state index in [9.17, 15) is 14.4 Å². The first-order valence-corrected chi connectivity index (χ1v) is 11.5. The number of allylic oxidation sites excluding steroid dienone is 1. The van der Waals surface area contributed by atoms with Crippen LogP contribution in [0.2, 0.25) is 0 Å². The van der Waals surface area contributed by atoms with Gasteiger partial charge in [0.05, 0.1) is 18.4 Å². The smallest absolute Gasteiger partial charge is 0.341 e. The molecule has 1 aromatic carbocycles. The second-order valence-corrected chi connectivity index (χ2v) is 8.63. The molecule has 0 saturated heterocycles. The van der Waals surface area contributed by atoms with E-state index in [1.165, 1.54) is 0 Å². The molecule has 3 heterocycles. The van der Waals surface area contributed by atoms with Gasteiger partial charge in [-0.2, -0.15) is 0 Å². The third-order valence-electron chi connectivity index (χ3n) is 6.69. The van der Waals surface area contributed by atoms with E-state index < -0.39 is 11.4 Å². The van der Waals surface area contributed by atoms with Crippen molar-refractivity contribution in [1.82, 2.24) is 0 Å². The highest BCUT2D eigenvalue weighted by Gasteiger charge is 2.64. The molecule has 176 valence electrons. The summed E-state index contributed by atoms with van der Waals surface area (Å²) in [6.45, 7) is 4.15. The molecular formula is C26H26N2O6. The van der Waals surface area contributed by atoms with Crippen LogP contribution in [-0.2, 0) is 29.3 Å². The van der Waals surface area contributed by atoms with Gasteiger partial charge in [0.1, 0.15) is 22.5 Å². The first-order chi connectivity index (χ1) is 16.4. The predicted octanol–water partition coefficient (Wildman–Crippen LogP) is 3.44. The van der Waals surface area contributed by atoms with Gasteiger partial charge in [0.2, 0.25) is 11.8 Å². The van der Waals surface area contributed by atoms with Crippen LogP contribution < -0.4 is 10.6 Å². The lowest BCUT2D eigenvalue weighted by Crippen LogP contribution is -2.51. The number of furan rings is 1. The molecule has 8 nitrogen and oxygen atoms in total. The second kappa shape index (κ2) is 8.20. The number of amides is 1. The third kappa shape index (κ3) is 2.94. The normalized spacial score (nSPS) is 23.8. The molecule has 0 radical (unpaired) electrons. The quantitative estimate of drug-likeness (QED) is 0.678. The minimum Gasteiger partial charge on any atom is -0.469 e. The molecule has 2 unspecified atom stereocenters. The van der Waals surface area contributed by atoms with Gasteiger partial charge in [-0.1, -0.05) is 25.1 Å². The van der Waals surface area contributed by atoms with E-state index >= 15 is 0 Å². The van der Waals surface area contributed by atoms with Crippen molar-refractivity contribution in [2.24, 2.45) is 5.73 Å². The van der Waals surface area contributed by atoms with E-state index in [4.69, 9.17) is 19.6 Å². The van der Waals surface area contributed by atoms with E-state index in [0.29, 0.717) is 42.2 Å². The van der Waals surface area contributed by atoms with Crippen molar-refractivity contribution in [3.63, 3.8) is 0 Å². The van der Waals surface area contributed by atoms with Gasteiger partial charge >= 0.3 is 5.97 Å². The monoisotopic (exact) mass is 462 g/mol. The van der Waals surface area contributed by atoms with Crippen LogP contribution in [0.25, 0.3) is 0 Å². The Morgan fingerprint density at radius 1 is 1.18 bits per heavy atom. The SMILES string of the molecule is CCCN1C(=O)C2(C(C(=O)OCC)=C(N)OC3=C2C(=O)CC(c2ccco2)C3)c2ccccc21. The average molecular weight is 463 g/mol. The van der Waals surface area contributed by atoms with Crippen LogP contribution >= 0.6 is 0 Å². The number of ketones is 1. The lowest BCUT2D eigenvalue weighted by molar-refractivity contribution is -0.141. The van der Waals surface area contributed by atoms with Crippen LogP contribution in [0, 0.1) is 0 Å². The highest BCUT2D eigenvalue weighted by Crippen LogP contribution is 2.57. The number of nitrogens with zero attached hydrogens (tertiary/aromatic N) is 1. The number of fused-ring (bicyclic) bond motifs is 3. The fraction of sp³-hybridized carbons (Fsp3) is 0.346. The van der Waals surface area contributed by atoms with E-state index in [2.05, 4.69) is 0 Å². The van der Waals surface area contributed by atoms with Gasteiger partial charge < -0.3 is 24.5 Å². The Bertz CT molecular complexity index is 1240. The summed E-state index contributed by atoms with van der Waals surface area (Å²) in [5.41, 5.74) is 5.86. The minimum atomic E-state index is -1.71. The fourth-order valence-electron chi connectivity index (χ4n) is 5.45. The van der Waals surface area contributed by atoms with Crippen LogP contribution in [0.5, 0.6) is 0 Å². The number of esters is 1. The molecule has 1 aliphatic carbocycles. The van der Waals surface area contributed by atoms with Crippen LogP contribution in [-0.4, -0.2) is 30.8 Å². The molecule has 2 atom stereocenters. The van der Waals surface area contributed by atoms with E-state index in [1.807, 2.05) is 25.1 Å². The number of para-hydroxylation sites is 1. The Balaban J connectivity index is 1.77. The summed E-state index contributed by atoms with van der Waals surface area (Å²) in [4.78, 5) is 42.9. The number of nitrogens with two attached hydrogens (primary N) is 1. The standard InChI is InChI=1S/C26H26N2O6/c1-3-11-28-17-9-6-5-8-16(17)26(25(28)31)21-18(29)13-15(19-10-7-12-33-19)14-20(21)34-23(27)22(26)24(30)32-4-2/h5-10,12,15H,3-4,11,13-14,27H2,1-2H3. The van der Waals surface area contributed by atoms with Crippen molar-refractivity contribution in [3.8, 4) is 0 Å². The topological polar surface area (TPSA) is 112 Å². The van der Waals surface area contributed by atoms with Crippen molar-refractivity contribution in [3.05, 3.63) is 76.8 Å². The summed E-state index contributed by atoms with van der Waals surface area (Å²) in [6, 6.07) is 10.8. The van der Waals surface area contributed by atoms with Crippen molar-refractivity contribution in [1.29, 1.82) is 0 Å². The molecule has 1 spiro atoms. The molecule has 1 aromatic heterocycles. The van der Waals surface area contributed by atoms with Crippen molar-refractivity contribution >= 4 is 23.3 Å². The zero-order valence-electron chi connectivity index (χ0n) is 19.1. The summed E-state index contributed by atoms with van der Waals surface area (Å²) in [5, 5.41) is 0. The lowest BCUT2D eigenvalue weighted by Gasteiger charge is -2.40. The molecule has 2 aromatic rings. The molecule has 0 bridgehead atoms. The zero-order chi connectivity index (χ0) is 24.0. The zero-order valence-corrected chi connectivity index (χ0v) is 19.1. The van der Waals surface area contributed by atoms with Gasteiger partial charge in [0, 0.05) is 36.6 Å². The molecule has 0 fully saturated rings. The Morgan fingerprint density at radius 2 is 1.97 bits per heavy atom. The molecule has 3 aliphatic rings. The van der Waals surface area contributed by atoms with E-state index in [0.717, 1.165) is 0 Å². The summed E-state index contributed by atoms with van der Waals surface area (Å²) in [5.74, 6) is -0.957. The van der Waals surface area contributed by atoms with Crippen molar-refractivity contribution in [2.75, 3.05) is 18.1 Å². The highest BCUT2D eigenvalue weighted by atomic mass is 16.5. The van der Waals surface area contributed by atoms with Gasteiger partial charge in [-0.3, -0.25) is 9.59 Å². The summed E-state index contributed by atoms with van der Waals surface area (Å²) in [6.07, 6.45) is 2.69. The Morgan fingerprint density at radius 3 is 2.68 bits per heavy atom. The number of carbonyl (C=O) groups is 3. The molecule has 8 heteroatoms. The first kappa shape index (κ1) is 22.0. The molecule has 2 aliphatic heterocycles. The van der Waals surface area contributed by atoms with Gasteiger partial charge in [-0.05, 0) is 31.5 Å². The van der Waals surface area contributed by atoms with E-state index in [1.54, 1.807) is 36.3 Å². The molecule has 34 heavy (non-hydrogen) atoms. The van der Waals surface area contributed by atoms with Gasteiger partial charge in [0.25, 0.3) is 0 Å². The van der Waals surface area contributed by atoms with Crippen molar-refractivity contribution in [2.45, 2.75) is 44.4 Å². The summed E-state index contributed by atoms with van der Waals surface area (Å²) >= 11 is 0. The van der Waals surface area contributed by atoms with Crippen LogP contribution in [0.3, 0.4) is 0 Å². The number of anilines is 1.